The maximum absolute atomic E-state index is 6.38. The highest BCUT2D eigenvalue weighted by Gasteiger charge is 2.35. The van der Waals surface area contributed by atoms with Crippen molar-refractivity contribution in [2.45, 2.75) is 52.3 Å². The number of hydrogen-bond donors (Lipinski definition) is 1. The Bertz CT molecular complexity index is 367. The van der Waals surface area contributed by atoms with E-state index in [-0.39, 0.29) is 11.6 Å². The molecule has 1 rings (SSSR count). The van der Waals surface area contributed by atoms with Crippen molar-refractivity contribution in [2.24, 2.45) is 5.73 Å². The predicted molar refractivity (Wildman–Crippen MR) is 72.9 cm³/mol. The third-order valence-corrected chi connectivity index (χ3v) is 3.87. The zero-order chi connectivity index (χ0) is 13.1. The average molecular weight is 304 g/mol. The van der Waals surface area contributed by atoms with Crippen LogP contribution in [0.2, 0.25) is 0 Å². The van der Waals surface area contributed by atoms with E-state index in [4.69, 9.17) is 10.5 Å². The lowest BCUT2D eigenvalue weighted by atomic mass is 9.91. The van der Waals surface area contributed by atoms with Gasteiger partial charge in [-0.25, -0.2) is 0 Å². The zero-order valence-electron chi connectivity index (χ0n) is 11.0. The van der Waals surface area contributed by atoms with Gasteiger partial charge in [0, 0.05) is 13.2 Å². The number of aryl methyl sites for hydroxylation is 1. The van der Waals surface area contributed by atoms with Gasteiger partial charge in [-0.2, -0.15) is 5.10 Å². The lowest BCUT2D eigenvalue weighted by Crippen LogP contribution is -2.42. The molecule has 0 spiro atoms. The second-order valence-corrected chi connectivity index (χ2v) is 5.12. The zero-order valence-corrected chi connectivity index (χ0v) is 12.6. The molecule has 0 saturated heterocycles. The number of rotatable bonds is 6. The quantitative estimate of drug-likeness (QED) is 0.879. The fourth-order valence-electron chi connectivity index (χ4n) is 1.96. The molecule has 98 valence electrons. The summed E-state index contributed by atoms with van der Waals surface area (Å²) in [5.74, 6) is 0. The first-order valence-corrected chi connectivity index (χ1v) is 6.90. The van der Waals surface area contributed by atoms with Crippen LogP contribution in [0.5, 0.6) is 0 Å². The van der Waals surface area contributed by atoms with Gasteiger partial charge < -0.3 is 10.5 Å². The fourth-order valence-corrected chi connectivity index (χ4v) is 2.51. The molecule has 0 radical (unpaired) electrons. The van der Waals surface area contributed by atoms with Gasteiger partial charge in [0.2, 0.25) is 0 Å². The molecule has 0 aliphatic rings. The predicted octanol–water partition coefficient (Wildman–Crippen LogP) is 2.87. The summed E-state index contributed by atoms with van der Waals surface area (Å²) >= 11 is 3.51. The highest BCUT2D eigenvalue weighted by Crippen LogP contribution is 2.33. The van der Waals surface area contributed by atoms with Crippen molar-refractivity contribution >= 4 is 15.9 Å². The van der Waals surface area contributed by atoms with Crippen LogP contribution in [0.1, 0.15) is 45.9 Å². The van der Waals surface area contributed by atoms with Gasteiger partial charge in [0.05, 0.1) is 28.0 Å². The molecule has 0 aliphatic carbocycles. The molecular weight excluding hydrogens is 282 g/mol. The van der Waals surface area contributed by atoms with Crippen molar-refractivity contribution in [3.05, 3.63) is 16.4 Å². The van der Waals surface area contributed by atoms with E-state index in [1.807, 2.05) is 11.6 Å². The largest absolute Gasteiger partial charge is 0.374 e. The Morgan fingerprint density at radius 3 is 2.65 bits per heavy atom. The van der Waals surface area contributed by atoms with Crippen LogP contribution in [-0.2, 0) is 11.3 Å². The van der Waals surface area contributed by atoms with Crippen LogP contribution in [0.4, 0.5) is 0 Å². The summed E-state index contributed by atoms with van der Waals surface area (Å²) in [5, 5.41) is 4.30. The van der Waals surface area contributed by atoms with Gasteiger partial charge in [-0.15, -0.1) is 0 Å². The molecular formula is C12H22BrN3O. The molecule has 2 atom stereocenters. The van der Waals surface area contributed by atoms with Gasteiger partial charge in [0.15, 0.2) is 0 Å². The van der Waals surface area contributed by atoms with E-state index in [9.17, 15) is 0 Å². The number of hydrogen-bond acceptors (Lipinski definition) is 3. The van der Waals surface area contributed by atoms with Crippen LogP contribution in [0.15, 0.2) is 10.7 Å². The number of aromatic nitrogens is 2. The highest BCUT2D eigenvalue weighted by atomic mass is 79.9. The van der Waals surface area contributed by atoms with Crippen molar-refractivity contribution in [1.29, 1.82) is 0 Å². The lowest BCUT2D eigenvalue weighted by Gasteiger charge is -2.34. The first-order chi connectivity index (χ1) is 8.00. The van der Waals surface area contributed by atoms with Crippen molar-refractivity contribution in [3.63, 3.8) is 0 Å². The summed E-state index contributed by atoms with van der Waals surface area (Å²) in [6.07, 6.45) is 2.66. The van der Waals surface area contributed by atoms with Gasteiger partial charge in [0.25, 0.3) is 0 Å². The Balaban J connectivity index is 3.08. The van der Waals surface area contributed by atoms with Gasteiger partial charge in [0.1, 0.15) is 0 Å². The number of ether oxygens (including phenoxy) is 1. The van der Waals surface area contributed by atoms with Crippen LogP contribution in [0, 0.1) is 0 Å². The van der Waals surface area contributed by atoms with Crippen LogP contribution >= 0.6 is 15.9 Å². The minimum Gasteiger partial charge on any atom is -0.374 e. The molecule has 1 heterocycles. The summed E-state index contributed by atoms with van der Waals surface area (Å²) in [4.78, 5) is 0. The molecule has 2 unspecified atom stereocenters. The third kappa shape index (κ3) is 2.89. The molecule has 0 amide bonds. The molecule has 0 fully saturated rings. The van der Waals surface area contributed by atoms with E-state index < -0.39 is 0 Å². The Morgan fingerprint density at radius 2 is 2.18 bits per heavy atom. The molecule has 0 bridgehead atoms. The van der Waals surface area contributed by atoms with E-state index in [1.165, 1.54) is 0 Å². The SMILES string of the molecule is CCOC(C)(CC)C(N)c1c(Br)cnn1CC. The average Bonchev–Trinajstić information content (AvgIpc) is 2.69. The summed E-state index contributed by atoms with van der Waals surface area (Å²) in [6.45, 7) is 9.67. The van der Waals surface area contributed by atoms with Crippen LogP contribution in [0.25, 0.3) is 0 Å². The molecule has 0 saturated carbocycles. The molecule has 0 aliphatic heterocycles. The van der Waals surface area contributed by atoms with Crippen molar-refractivity contribution in [3.8, 4) is 0 Å². The lowest BCUT2D eigenvalue weighted by molar-refractivity contribution is -0.0491. The standard InChI is InChI=1S/C12H22BrN3O/c1-5-12(4,17-7-3)11(14)10-9(13)8-15-16(10)6-2/h8,11H,5-7,14H2,1-4H3. The minimum absolute atomic E-state index is 0.190. The van der Waals surface area contributed by atoms with Crippen LogP contribution < -0.4 is 5.73 Å². The maximum atomic E-state index is 6.38. The third-order valence-electron chi connectivity index (χ3n) is 3.26. The molecule has 5 heteroatoms. The number of nitrogens with two attached hydrogens (primary N) is 1. The van der Waals surface area contributed by atoms with E-state index in [1.54, 1.807) is 6.20 Å². The summed E-state index contributed by atoms with van der Waals surface area (Å²) in [5.41, 5.74) is 7.02. The van der Waals surface area contributed by atoms with Crippen LogP contribution in [-0.4, -0.2) is 22.0 Å². The molecule has 1 aromatic rings. The molecule has 4 nitrogen and oxygen atoms in total. The number of nitrogens with zero attached hydrogens (tertiary/aromatic N) is 2. The second-order valence-electron chi connectivity index (χ2n) is 4.27. The van der Waals surface area contributed by atoms with E-state index >= 15 is 0 Å². The fraction of sp³-hybridized carbons (Fsp3) is 0.750. The summed E-state index contributed by atoms with van der Waals surface area (Å²) in [6, 6.07) is -0.190. The van der Waals surface area contributed by atoms with Crippen molar-refractivity contribution < 1.29 is 4.74 Å². The Kier molecular flexibility index (Phi) is 5.16. The molecule has 2 N–H and O–H groups in total. The van der Waals surface area contributed by atoms with E-state index in [0.717, 1.165) is 23.1 Å². The van der Waals surface area contributed by atoms with Crippen LogP contribution in [0.3, 0.4) is 0 Å². The Morgan fingerprint density at radius 1 is 1.53 bits per heavy atom. The molecule has 17 heavy (non-hydrogen) atoms. The van der Waals surface area contributed by atoms with Gasteiger partial charge >= 0.3 is 0 Å². The van der Waals surface area contributed by atoms with Crippen molar-refractivity contribution in [1.82, 2.24) is 9.78 Å². The Labute approximate surface area is 112 Å². The maximum Gasteiger partial charge on any atom is 0.0859 e. The van der Waals surface area contributed by atoms with Crippen molar-refractivity contribution in [2.75, 3.05) is 6.61 Å². The Hall–Kier alpha value is -0.390. The summed E-state index contributed by atoms with van der Waals surface area (Å²) < 4.78 is 8.70. The van der Waals surface area contributed by atoms with Gasteiger partial charge in [-0.3, -0.25) is 4.68 Å². The van der Waals surface area contributed by atoms with Gasteiger partial charge in [-0.1, -0.05) is 6.92 Å². The van der Waals surface area contributed by atoms with Gasteiger partial charge in [-0.05, 0) is 43.1 Å². The summed E-state index contributed by atoms with van der Waals surface area (Å²) in [7, 11) is 0. The topological polar surface area (TPSA) is 53.1 Å². The number of halogens is 1. The molecule has 0 aromatic carbocycles. The normalized spacial score (nSPS) is 16.8. The highest BCUT2D eigenvalue weighted by molar-refractivity contribution is 9.10. The smallest absolute Gasteiger partial charge is 0.0859 e. The first kappa shape index (κ1) is 14.7. The monoisotopic (exact) mass is 303 g/mol. The van der Waals surface area contributed by atoms with E-state index in [0.29, 0.717) is 6.61 Å². The molecule has 1 aromatic heterocycles. The van der Waals surface area contributed by atoms with E-state index in [2.05, 4.69) is 41.8 Å². The minimum atomic E-state index is -0.357. The second kappa shape index (κ2) is 5.98. The first-order valence-electron chi connectivity index (χ1n) is 6.10.